The molecule has 1 aliphatic rings. The molecule has 116 valence electrons. The smallest absolute Gasteiger partial charge is 0.331 e. The maximum Gasteiger partial charge on any atom is 0.331 e. The van der Waals surface area contributed by atoms with E-state index in [0.717, 1.165) is 43.4 Å². The van der Waals surface area contributed by atoms with Crippen LogP contribution in [0.25, 0.3) is 0 Å². The van der Waals surface area contributed by atoms with Crippen LogP contribution >= 0.6 is 0 Å². The Hall–Kier alpha value is -1.51. The maximum atomic E-state index is 12.5. The number of para-hydroxylation sites is 1. The predicted molar refractivity (Wildman–Crippen MR) is 86.4 cm³/mol. The van der Waals surface area contributed by atoms with Gasteiger partial charge in [-0.05, 0) is 56.1 Å². The minimum Gasteiger partial charge on any atom is -0.467 e. The fraction of sp³-hybridized carbons (Fsp3) is 0.611. The Bertz CT molecular complexity index is 510. The molecule has 21 heavy (non-hydrogen) atoms. The van der Waals surface area contributed by atoms with Crippen LogP contribution in [-0.4, -0.2) is 18.6 Å². The van der Waals surface area contributed by atoms with Crippen LogP contribution in [0.2, 0.25) is 0 Å². The van der Waals surface area contributed by atoms with Gasteiger partial charge in [0.05, 0.1) is 7.11 Å². The Kier molecular flexibility index (Phi) is 4.60. The van der Waals surface area contributed by atoms with Gasteiger partial charge < -0.3 is 10.1 Å². The molecule has 0 aliphatic heterocycles. The minimum absolute atomic E-state index is 0.136. The summed E-state index contributed by atoms with van der Waals surface area (Å²) in [4.78, 5) is 12.5. The first-order chi connectivity index (χ1) is 9.88. The number of hydrogen-bond donors (Lipinski definition) is 1. The van der Waals surface area contributed by atoms with Crippen LogP contribution < -0.4 is 5.32 Å². The molecular formula is C18H27NO2. The number of hydrogen-bond acceptors (Lipinski definition) is 3. The van der Waals surface area contributed by atoms with E-state index in [0.29, 0.717) is 5.41 Å². The average molecular weight is 289 g/mol. The van der Waals surface area contributed by atoms with Gasteiger partial charge in [-0.1, -0.05) is 32.0 Å². The monoisotopic (exact) mass is 289 g/mol. The molecule has 0 aromatic heterocycles. The number of methoxy groups -OCH3 is 1. The van der Waals surface area contributed by atoms with E-state index >= 15 is 0 Å². The third-order valence-corrected chi connectivity index (χ3v) is 4.78. The number of carbonyl (C=O) groups is 1. The minimum atomic E-state index is -0.589. The van der Waals surface area contributed by atoms with Crippen LogP contribution in [-0.2, 0) is 9.53 Å². The van der Waals surface area contributed by atoms with Gasteiger partial charge in [0, 0.05) is 5.69 Å². The fourth-order valence-electron chi connectivity index (χ4n) is 3.22. The van der Waals surface area contributed by atoms with E-state index in [1.807, 2.05) is 18.2 Å². The van der Waals surface area contributed by atoms with Crippen LogP contribution in [0.15, 0.2) is 24.3 Å². The number of esters is 1. The lowest BCUT2D eigenvalue weighted by molar-refractivity contribution is -0.146. The van der Waals surface area contributed by atoms with E-state index in [1.165, 1.54) is 7.11 Å². The van der Waals surface area contributed by atoms with Gasteiger partial charge in [0.1, 0.15) is 5.54 Å². The molecule has 1 fully saturated rings. The second-order valence-electron chi connectivity index (χ2n) is 7.03. The van der Waals surface area contributed by atoms with Crippen molar-refractivity contribution in [3.8, 4) is 0 Å². The predicted octanol–water partition coefficient (Wildman–Crippen LogP) is 4.31. The molecule has 1 atom stereocenters. The van der Waals surface area contributed by atoms with E-state index in [2.05, 4.69) is 32.2 Å². The zero-order chi connectivity index (χ0) is 15.5. The number of ether oxygens (including phenoxy) is 1. The summed E-state index contributed by atoms with van der Waals surface area (Å²) >= 11 is 0. The summed E-state index contributed by atoms with van der Waals surface area (Å²) in [6.45, 7) is 6.64. The molecule has 2 rings (SSSR count). The van der Waals surface area contributed by atoms with Crippen molar-refractivity contribution in [2.45, 2.75) is 58.4 Å². The highest BCUT2D eigenvalue weighted by molar-refractivity contribution is 5.85. The lowest BCUT2D eigenvalue weighted by Crippen LogP contribution is -2.47. The lowest BCUT2D eigenvalue weighted by Gasteiger charge is -2.33. The highest BCUT2D eigenvalue weighted by atomic mass is 16.5. The quantitative estimate of drug-likeness (QED) is 0.665. The van der Waals surface area contributed by atoms with Crippen LogP contribution in [0, 0.1) is 12.3 Å². The Labute approximate surface area is 128 Å². The van der Waals surface area contributed by atoms with Crippen LogP contribution in [0.3, 0.4) is 0 Å². The SMILES string of the molecule is COC(=O)C1(Nc2ccccc2C)CCCC(C)(C)CC1. The zero-order valence-corrected chi connectivity index (χ0v) is 13.7. The fourth-order valence-corrected chi connectivity index (χ4v) is 3.22. The van der Waals surface area contributed by atoms with Gasteiger partial charge in [0.2, 0.25) is 0 Å². The largest absolute Gasteiger partial charge is 0.467 e. The van der Waals surface area contributed by atoms with E-state index in [9.17, 15) is 4.79 Å². The molecule has 0 amide bonds. The summed E-state index contributed by atoms with van der Waals surface area (Å²) < 4.78 is 5.13. The van der Waals surface area contributed by atoms with Crippen LogP contribution in [0.1, 0.15) is 51.5 Å². The number of benzene rings is 1. The number of nitrogens with one attached hydrogen (secondary N) is 1. The first-order valence-electron chi connectivity index (χ1n) is 7.81. The molecule has 1 saturated carbocycles. The third-order valence-electron chi connectivity index (χ3n) is 4.78. The van der Waals surface area contributed by atoms with E-state index < -0.39 is 5.54 Å². The topological polar surface area (TPSA) is 38.3 Å². The molecule has 1 aliphatic carbocycles. The molecule has 1 N–H and O–H groups in total. The van der Waals surface area contributed by atoms with E-state index in [-0.39, 0.29) is 5.97 Å². The number of anilines is 1. The second-order valence-corrected chi connectivity index (χ2v) is 7.03. The number of carbonyl (C=O) groups excluding carboxylic acids is 1. The molecule has 3 nitrogen and oxygen atoms in total. The van der Waals surface area contributed by atoms with Gasteiger partial charge in [-0.2, -0.15) is 0 Å². The zero-order valence-electron chi connectivity index (χ0n) is 13.7. The molecule has 1 aromatic rings. The summed E-state index contributed by atoms with van der Waals surface area (Å²) in [5, 5.41) is 3.52. The maximum absolute atomic E-state index is 12.5. The molecule has 0 heterocycles. The number of aryl methyl sites for hydroxylation is 1. The summed E-state index contributed by atoms with van der Waals surface area (Å²) in [7, 11) is 1.49. The van der Waals surface area contributed by atoms with E-state index in [1.54, 1.807) is 0 Å². The van der Waals surface area contributed by atoms with Crippen molar-refractivity contribution >= 4 is 11.7 Å². The normalized spacial score (nSPS) is 25.0. The summed E-state index contributed by atoms with van der Waals surface area (Å²) in [5.74, 6) is -0.136. The summed E-state index contributed by atoms with van der Waals surface area (Å²) in [6.07, 6.45) is 4.88. The van der Waals surface area contributed by atoms with Crippen molar-refractivity contribution in [2.24, 2.45) is 5.41 Å². The Morgan fingerprint density at radius 3 is 2.52 bits per heavy atom. The molecule has 3 heteroatoms. The Morgan fingerprint density at radius 2 is 1.86 bits per heavy atom. The van der Waals surface area contributed by atoms with Crippen LogP contribution in [0.5, 0.6) is 0 Å². The van der Waals surface area contributed by atoms with Crippen molar-refractivity contribution in [1.29, 1.82) is 0 Å². The van der Waals surface area contributed by atoms with Crippen molar-refractivity contribution in [3.05, 3.63) is 29.8 Å². The summed E-state index contributed by atoms with van der Waals surface area (Å²) in [5.41, 5.74) is 1.89. The first-order valence-corrected chi connectivity index (χ1v) is 7.81. The molecule has 1 unspecified atom stereocenters. The average Bonchev–Trinajstić information content (AvgIpc) is 2.60. The van der Waals surface area contributed by atoms with Gasteiger partial charge >= 0.3 is 5.97 Å². The third kappa shape index (κ3) is 3.58. The first kappa shape index (κ1) is 15.9. The van der Waals surface area contributed by atoms with Crippen LogP contribution in [0.4, 0.5) is 5.69 Å². The van der Waals surface area contributed by atoms with Crippen molar-refractivity contribution in [3.63, 3.8) is 0 Å². The molecule has 1 aromatic carbocycles. The standard InChI is InChI=1S/C18H27NO2/c1-14-8-5-6-9-15(14)19-18(16(20)21-4)11-7-10-17(2,3)12-13-18/h5-6,8-9,19H,7,10-13H2,1-4H3. The van der Waals surface area contributed by atoms with Gasteiger partial charge in [-0.15, -0.1) is 0 Å². The van der Waals surface area contributed by atoms with Gasteiger partial charge in [-0.25, -0.2) is 4.79 Å². The van der Waals surface area contributed by atoms with Crippen molar-refractivity contribution in [1.82, 2.24) is 0 Å². The van der Waals surface area contributed by atoms with Gasteiger partial charge in [0.15, 0.2) is 0 Å². The van der Waals surface area contributed by atoms with Gasteiger partial charge in [0.25, 0.3) is 0 Å². The van der Waals surface area contributed by atoms with Crippen molar-refractivity contribution in [2.75, 3.05) is 12.4 Å². The summed E-state index contributed by atoms with van der Waals surface area (Å²) in [6, 6.07) is 8.12. The van der Waals surface area contributed by atoms with Gasteiger partial charge in [-0.3, -0.25) is 0 Å². The number of rotatable bonds is 3. The molecule has 0 saturated heterocycles. The second kappa shape index (κ2) is 6.08. The molecule has 0 spiro atoms. The highest BCUT2D eigenvalue weighted by Crippen LogP contribution is 2.40. The van der Waals surface area contributed by atoms with Crippen molar-refractivity contribution < 1.29 is 9.53 Å². The molecule has 0 bridgehead atoms. The highest BCUT2D eigenvalue weighted by Gasteiger charge is 2.42. The van der Waals surface area contributed by atoms with E-state index in [4.69, 9.17) is 4.74 Å². The molecular weight excluding hydrogens is 262 g/mol. The molecule has 0 radical (unpaired) electrons. The Balaban J connectivity index is 2.30. The lowest BCUT2D eigenvalue weighted by atomic mass is 9.83. The Morgan fingerprint density at radius 1 is 1.14 bits per heavy atom.